The summed E-state index contributed by atoms with van der Waals surface area (Å²) in [6.45, 7) is 1.57. The van der Waals surface area contributed by atoms with Crippen molar-refractivity contribution in [1.82, 2.24) is 20.4 Å². The van der Waals surface area contributed by atoms with Gasteiger partial charge in [-0.2, -0.15) is 5.10 Å². The minimum atomic E-state index is -0.194. The lowest BCUT2D eigenvalue weighted by molar-refractivity contribution is -0.127. The van der Waals surface area contributed by atoms with Gasteiger partial charge in [0.05, 0.1) is 17.7 Å². The van der Waals surface area contributed by atoms with Gasteiger partial charge in [-0.25, -0.2) is 0 Å². The summed E-state index contributed by atoms with van der Waals surface area (Å²) in [5.74, 6) is 0.331. The van der Waals surface area contributed by atoms with E-state index >= 15 is 0 Å². The molecule has 1 aromatic heterocycles. The Hall–Kier alpha value is -1.85. The molecule has 1 saturated carbocycles. The lowest BCUT2D eigenvalue weighted by Crippen LogP contribution is -2.47. The zero-order valence-electron chi connectivity index (χ0n) is 15.1. The number of rotatable bonds is 4. The Morgan fingerprint density at radius 3 is 2.62 bits per heavy atom. The van der Waals surface area contributed by atoms with Crippen molar-refractivity contribution in [3.63, 3.8) is 0 Å². The standard InChI is InChI=1S/C20H26N4O.ClH/c1-24-14-15(11-22-24)17-12-21-13-18(17)19(25)23-20(9-5-6-10-20)16-7-3-2-4-8-16;/h2-4,7-8,11,14,17-18,21H,5-6,9-10,12-13H2,1H3,(H,23,25);1H/t17-,18+;/m1./s1. The highest BCUT2D eigenvalue weighted by atomic mass is 35.5. The summed E-state index contributed by atoms with van der Waals surface area (Å²) in [6, 6.07) is 10.5. The molecule has 2 aliphatic rings. The Labute approximate surface area is 161 Å². The van der Waals surface area contributed by atoms with Crippen LogP contribution in [0.5, 0.6) is 0 Å². The fourth-order valence-electron chi connectivity index (χ4n) is 4.49. The van der Waals surface area contributed by atoms with Crippen molar-refractivity contribution < 1.29 is 4.79 Å². The first-order valence-electron chi connectivity index (χ1n) is 9.25. The van der Waals surface area contributed by atoms with E-state index in [2.05, 4.69) is 40.0 Å². The maximum Gasteiger partial charge on any atom is 0.225 e. The van der Waals surface area contributed by atoms with Gasteiger partial charge in [-0.3, -0.25) is 9.48 Å². The molecule has 2 aromatic rings. The van der Waals surface area contributed by atoms with Crippen LogP contribution in [-0.2, 0) is 17.4 Å². The maximum absolute atomic E-state index is 13.2. The Morgan fingerprint density at radius 2 is 1.96 bits per heavy atom. The van der Waals surface area contributed by atoms with Gasteiger partial charge in [0.25, 0.3) is 0 Å². The lowest BCUT2D eigenvalue weighted by Gasteiger charge is -2.33. The van der Waals surface area contributed by atoms with Gasteiger partial charge in [0.1, 0.15) is 0 Å². The van der Waals surface area contributed by atoms with E-state index in [-0.39, 0.29) is 35.7 Å². The quantitative estimate of drug-likeness (QED) is 0.865. The average Bonchev–Trinajstić information content (AvgIpc) is 3.35. The van der Waals surface area contributed by atoms with Crippen LogP contribution >= 0.6 is 12.4 Å². The summed E-state index contributed by atoms with van der Waals surface area (Å²) in [5, 5.41) is 11.1. The van der Waals surface area contributed by atoms with Crippen molar-refractivity contribution in [3.8, 4) is 0 Å². The summed E-state index contributed by atoms with van der Waals surface area (Å²) in [4.78, 5) is 13.2. The van der Waals surface area contributed by atoms with E-state index in [0.29, 0.717) is 0 Å². The molecule has 0 bridgehead atoms. The van der Waals surface area contributed by atoms with Crippen LogP contribution in [0.25, 0.3) is 0 Å². The number of aromatic nitrogens is 2. The number of carbonyl (C=O) groups is 1. The number of nitrogens with one attached hydrogen (secondary N) is 2. The summed E-state index contributed by atoms with van der Waals surface area (Å²) < 4.78 is 1.81. The predicted molar refractivity (Wildman–Crippen MR) is 104 cm³/mol. The highest BCUT2D eigenvalue weighted by Gasteiger charge is 2.41. The van der Waals surface area contributed by atoms with Crippen LogP contribution in [0.4, 0.5) is 0 Å². The molecule has 0 radical (unpaired) electrons. The molecule has 1 aliphatic carbocycles. The van der Waals surface area contributed by atoms with Crippen molar-refractivity contribution in [2.24, 2.45) is 13.0 Å². The number of hydrogen-bond acceptors (Lipinski definition) is 3. The Bertz CT molecular complexity index is 739. The normalized spacial score (nSPS) is 24.2. The number of carbonyl (C=O) groups excluding carboxylic acids is 1. The van der Waals surface area contributed by atoms with Crippen LogP contribution in [0.1, 0.15) is 42.7 Å². The molecule has 0 spiro atoms. The molecule has 2 fully saturated rings. The zero-order chi connectivity index (χ0) is 17.3. The monoisotopic (exact) mass is 374 g/mol. The first kappa shape index (κ1) is 18.9. The van der Waals surface area contributed by atoms with Crippen molar-refractivity contribution in [1.29, 1.82) is 0 Å². The van der Waals surface area contributed by atoms with Gasteiger partial charge in [0.15, 0.2) is 0 Å². The molecule has 1 amide bonds. The fourth-order valence-corrected chi connectivity index (χ4v) is 4.49. The van der Waals surface area contributed by atoms with Crippen molar-refractivity contribution in [3.05, 3.63) is 53.9 Å². The molecular weight excluding hydrogens is 348 g/mol. The zero-order valence-corrected chi connectivity index (χ0v) is 16.0. The van der Waals surface area contributed by atoms with Gasteiger partial charge < -0.3 is 10.6 Å². The van der Waals surface area contributed by atoms with Crippen LogP contribution < -0.4 is 10.6 Å². The molecule has 6 heteroatoms. The lowest BCUT2D eigenvalue weighted by atomic mass is 9.85. The first-order chi connectivity index (χ1) is 12.2. The van der Waals surface area contributed by atoms with E-state index < -0.39 is 0 Å². The third-order valence-electron chi connectivity index (χ3n) is 5.85. The topological polar surface area (TPSA) is 59.0 Å². The summed E-state index contributed by atoms with van der Waals surface area (Å²) in [6.07, 6.45) is 8.32. The molecule has 2 N–H and O–H groups in total. The molecule has 1 aromatic carbocycles. The second kappa shape index (κ2) is 7.80. The van der Waals surface area contributed by atoms with Gasteiger partial charge in [-0.05, 0) is 24.0 Å². The fraction of sp³-hybridized carbons (Fsp3) is 0.500. The summed E-state index contributed by atoms with van der Waals surface area (Å²) in [5.41, 5.74) is 2.19. The molecule has 2 atom stereocenters. The number of aryl methyl sites for hydroxylation is 1. The maximum atomic E-state index is 13.2. The summed E-state index contributed by atoms with van der Waals surface area (Å²) >= 11 is 0. The Morgan fingerprint density at radius 1 is 1.23 bits per heavy atom. The molecule has 5 nitrogen and oxygen atoms in total. The molecule has 2 heterocycles. The smallest absolute Gasteiger partial charge is 0.225 e. The minimum absolute atomic E-state index is 0. The highest BCUT2D eigenvalue weighted by molar-refractivity contribution is 5.85. The molecule has 26 heavy (non-hydrogen) atoms. The van der Waals surface area contributed by atoms with Crippen LogP contribution in [0, 0.1) is 5.92 Å². The first-order valence-corrected chi connectivity index (χ1v) is 9.25. The molecular formula is C20H27ClN4O. The van der Waals surface area contributed by atoms with Gasteiger partial charge >= 0.3 is 0 Å². The number of amides is 1. The van der Waals surface area contributed by atoms with E-state index in [1.807, 2.05) is 30.2 Å². The second-order valence-electron chi connectivity index (χ2n) is 7.46. The van der Waals surface area contributed by atoms with Gasteiger partial charge in [0.2, 0.25) is 5.91 Å². The van der Waals surface area contributed by atoms with Gasteiger partial charge in [-0.15, -0.1) is 12.4 Å². The third kappa shape index (κ3) is 3.51. The van der Waals surface area contributed by atoms with Crippen molar-refractivity contribution in [2.45, 2.75) is 37.1 Å². The van der Waals surface area contributed by atoms with Crippen LogP contribution in [0.15, 0.2) is 42.7 Å². The minimum Gasteiger partial charge on any atom is -0.346 e. The van der Waals surface area contributed by atoms with E-state index in [4.69, 9.17) is 0 Å². The molecule has 1 aliphatic heterocycles. The van der Waals surface area contributed by atoms with Crippen molar-refractivity contribution in [2.75, 3.05) is 13.1 Å². The van der Waals surface area contributed by atoms with Crippen molar-refractivity contribution >= 4 is 18.3 Å². The SMILES string of the molecule is Cl.Cn1cc([C@H]2CNC[C@@H]2C(=O)NC2(c3ccccc3)CCCC2)cn1. The predicted octanol–water partition coefficient (Wildman–Crippen LogP) is 2.73. The molecule has 4 rings (SSSR count). The number of nitrogens with zero attached hydrogens (tertiary/aromatic N) is 2. The number of benzene rings is 1. The molecule has 0 unspecified atom stereocenters. The highest BCUT2D eigenvalue weighted by Crippen LogP contribution is 2.39. The molecule has 140 valence electrons. The van der Waals surface area contributed by atoms with E-state index in [0.717, 1.165) is 31.5 Å². The van der Waals surface area contributed by atoms with E-state index in [1.54, 1.807) is 0 Å². The van der Waals surface area contributed by atoms with Gasteiger partial charge in [0, 0.05) is 32.3 Å². The average molecular weight is 375 g/mol. The van der Waals surface area contributed by atoms with E-state index in [1.165, 1.54) is 18.4 Å². The largest absolute Gasteiger partial charge is 0.346 e. The molecule has 1 saturated heterocycles. The second-order valence-corrected chi connectivity index (χ2v) is 7.46. The van der Waals surface area contributed by atoms with Crippen LogP contribution in [0.3, 0.4) is 0 Å². The summed E-state index contributed by atoms with van der Waals surface area (Å²) in [7, 11) is 1.92. The van der Waals surface area contributed by atoms with Crippen LogP contribution in [0.2, 0.25) is 0 Å². The van der Waals surface area contributed by atoms with Crippen LogP contribution in [-0.4, -0.2) is 28.8 Å². The van der Waals surface area contributed by atoms with E-state index in [9.17, 15) is 4.79 Å². The Kier molecular flexibility index (Phi) is 5.68. The Balaban J connectivity index is 0.00000196. The number of hydrogen-bond donors (Lipinski definition) is 2. The number of halogens is 1. The van der Waals surface area contributed by atoms with Gasteiger partial charge in [-0.1, -0.05) is 43.2 Å². The third-order valence-corrected chi connectivity index (χ3v) is 5.85.